The van der Waals surface area contributed by atoms with Gasteiger partial charge in [-0.3, -0.25) is 19.2 Å². The fourth-order valence-corrected chi connectivity index (χ4v) is 4.96. The third kappa shape index (κ3) is 12.8. The largest absolute Gasteiger partial charge is 0.346 e. The molecule has 40 heavy (non-hydrogen) atoms. The van der Waals surface area contributed by atoms with Crippen LogP contribution in [0.2, 0.25) is 0 Å². The van der Waals surface area contributed by atoms with Gasteiger partial charge in [-0.1, -0.05) is 74.5 Å². The van der Waals surface area contributed by atoms with E-state index in [1.807, 2.05) is 93.5 Å². The zero-order chi connectivity index (χ0) is 29.5. The summed E-state index contributed by atoms with van der Waals surface area (Å²) in [7, 11) is 3.95. The summed E-state index contributed by atoms with van der Waals surface area (Å²) in [4.78, 5) is 54.4. The number of carbonyl (C=O) groups excluding carboxylic acids is 4. The molecule has 1 N–H and O–H groups in total. The van der Waals surface area contributed by atoms with Crippen molar-refractivity contribution < 1.29 is 19.2 Å². The maximum Gasteiger partial charge on any atom is 0.224 e. The Hall–Kier alpha value is -3.12. The van der Waals surface area contributed by atoms with Crippen molar-refractivity contribution in [2.75, 3.05) is 20.6 Å². The summed E-state index contributed by atoms with van der Waals surface area (Å²) in [6.45, 7) is 6.37. The summed E-state index contributed by atoms with van der Waals surface area (Å²) >= 11 is 0. The lowest BCUT2D eigenvalue weighted by Gasteiger charge is -2.25. The van der Waals surface area contributed by atoms with Crippen molar-refractivity contribution in [2.45, 2.75) is 78.2 Å². The van der Waals surface area contributed by atoms with Crippen LogP contribution in [0.5, 0.6) is 0 Å². The van der Waals surface area contributed by atoms with E-state index in [4.69, 9.17) is 0 Å². The summed E-state index contributed by atoms with van der Waals surface area (Å²) < 4.78 is 0. The average Bonchev–Trinajstić information content (AvgIpc) is 2.90. The van der Waals surface area contributed by atoms with Gasteiger partial charge in [0.05, 0.1) is 6.04 Å². The first-order valence-corrected chi connectivity index (χ1v) is 14.6. The summed E-state index contributed by atoms with van der Waals surface area (Å²) in [5, 5.41) is 3.01. The lowest BCUT2D eigenvalue weighted by molar-refractivity contribution is -0.133. The van der Waals surface area contributed by atoms with Crippen LogP contribution in [0, 0.1) is 17.8 Å². The molecule has 3 atom stereocenters. The van der Waals surface area contributed by atoms with Crippen molar-refractivity contribution in [1.29, 1.82) is 0 Å². The lowest BCUT2D eigenvalue weighted by atomic mass is 9.87. The van der Waals surface area contributed by atoms with Crippen LogP contribution in [-0.2, 0) is 32.0 Å². The number of ketones is 3. The molecule has 0 bridgehead atoms. The van der Waals surface area contributed by atoms with Gasteiger partial charge in [0.2, 0.25) is 5.91 Å². The van der Waals surface area contributed by atoms with Crippen molar-refractivity contribution in [3.8, 4) is 0 Å². The van der Waals surface area contributed by atoms with E-state index >= 15 is 0 Å². The number of rotatable bonds is 19. The van der Waals surface area contributed by atoms with Crippen molar-refractivity contribution in [3.05, 3.63) is 71.8 Å². The minimum Gasteiger partial charge on any atom is -0.346 e. The Bertz CT molecular complexity index is 1070. The van der Waals surface area contributed by atoms with Crippen LogP contribution in [0.4, 0.5) is 0 Å². The zero-order valence-electron chi connectivity index (χ0n) is 25.0. The number of carbonyl (C=O) groups is 4. The minimum atomic E-state index is -0.687. The van der Waals surface area contributed by atoms with Gasteiger partial charge in [0.1, 0.15) is 11.6 Å². The van der Waals surface area contributed by atoms with Crippen LogP contribution >= 0.6 is 0 Å². The smallest absolute Gasteiger partial charge is 0.224 e. The second-order valence-corrected chi connectivity index (χ2v) is 11.7. The molecule has 0 aromatic heterocycles. The molecule has 2 aromatic rings. The van der Waals surface area contributed by atoms with Gasteiger partial charge in [-0.05, 0) is 76.7 Å². The molecule has 2 aromatic carbocycles. The maximum atomic E-state index is 13.6. The maximum absolute atomic E-state index is 13.6. The Morgan fingerprint density at radius 3 is 1.98 bits per heavy atom. The number of aryl methyl sites for hydroxylation is 1. The van der Waals surface area contributed by atoms with E-state index in [-0.39, 0.29) is 42.0 Å². The number of nitrogens with zero attached hydrogens (tertiary/aromatic N) is 1. The molecule has 6 nitrogen and oxygen atoms in total. The highest BCUT2D eigenvalue weighted by atomic mass is 16.2. The highest BCUT2D eigenvalue weighted by Crippen LogP contribution is 2.20. The molecule has 1 amide bonds. The molecular formula is C34H48N2O4. The van der Waals surface area contributed by atoms with Crippen LogP contribution in [0.3, 0.4) is 0 Å². The molecule has 0 fully saturated rings. The molecule has 218 valence electrons. The molecule has 0 radical (unpaired) electrons. The van der Waals surface area contributed by atoms with E-state index in [9.17, 15) is 19.2 Å². The van der Waals surface area contributed by atoms with Crippen LogP contribution < -0.4 is 5.32 Å². The molecule has 0 aliphatic rings. The normalized spacial score (nSPS) is 13.6. The van der Waals surface area contributed by atoms with Crippen LogP contribution in [0.25, 0.3) is 0 Å². The standard InChI is InChI=1S/C34H48N2O4/c1-25(2)21-32(33(39)24-30(26(3)37)22-28-15-10-7-11-16-28)35-34(40)29(19-18-27-13-8-6-9-14-27)23-31(38)17-12-20-36(4)5/h6-11,13-16,25,29-30,32H,12,17-24H2,1-5H3,(H,35,40)/t29-,30-,32+/m1/s1. The lowest BCUT2D eigenvalue weighted by Crippen LogP contribution is -2.45. The van der Waals surface area contributed by atoms with E-state index < -0.39 is 17.9 Å². The second-order valence-electron chi connectivity index (χ2n) is 11.7. The molecule has 0 unspecified atom stereocenters. The molecule has 0 saturated carbocycles. The predicted octanol–water partition coefficient (Wildman–Crippen LogP) is 5.47. The molecule has 2 rings (SSSR count). The number of amides is 1. The van der Waals surface area contributed by atoms with Gasteiger partial charge < -0.3 is 10.2 Å². The molecule has 0 spiro atoms. The molecule has 0 heterocycles. The van der Waals surface area contributed by atoms with E-state index in [1.54, 1.807) is 0 Å². The quantitative estimate of drug-likeness (QED) is 0.252. The van der Waals surface area contributed by atoms with Gasteiger partial charge in [0.25, 0.3) is 0 Å². The minimum absolute atomic E-state index is 0.0316. The fourth-order valence-electron chi connectivity index (χ4n) is 4.96. The van der Waals surface area contributed by atoms with Gasteiger partial charge in [0, 0.05) is 31.1 Å². The predicted molar refractivity (Wildman–Crippen MR) is 161 cm³/mol. The van der Waals surface area contributed by atoms with Crippen molar-refractivity contribution in [3.63, 3.8) is 0 Å². The highest BCUT2D eigenvalue weighted by Gasteiger charge is 2.30. The molecule has 0 aliphatic carbocycles. The van der Waals surface area contributed by atoms with E-state index in [2.05, 4.69) is 5.32 Å². The van der Waals surface area contributed by atoms with Crippen LogP contribution in [-0.4, -0.2) is 54.8 Å². The van der Waals surface area contributed by atoms with Gasteiger partial charge in [-0.25, -0.2) is 0 Å². The summed E-state index contributed by atoms with van der Waals surface area (Å²) in [5.41, 5.74) is 2.12. The van der Waals surface area contributed by atoms with Gasteiger partial charge in [0.15, 0.2) is 5.78 Å². The van der Waals surface area contributed by atoms with E-state index in [1.165, 1.54) is 6.92 Å². The third-order valence-electron chi connectivity index (χ3n) is 7.29. The third-order valence-corrected chi connectivity index (χ3v) is 7.29. The summed E-state index contributed by atoms with van der Waals surface area (Å²) in [6.07, 6.45) is 3.62. The van der Waals surface area contributed by atoms with Gasteiger partial charge in [-0.15, -0.1) is 0 Å². The molecule has 0 aliphatic heterocycles. The van der Waals surface area contributed by atoms with Crippen LogP contribution in [0.15, 0.2) is 60.7 Å². The average molecular weight is 549 g/mol. The topological polar surface area (TPSA) is 83.5 Å². The Morgan fingerprint density at radius 1 is 0.825 bits per heavy atom. The Labute approximate surface area is 240 Å². The second kappa shape index (κ2) is 17.5. The number of nitrogens with one attached hydrogen (secondary N) is 1. The first-order chi connectivity index (χ1) is 19.0. The number of benzene rings is 2. The monoisotopic (exact) mass is 548 g/mol. The van der Waals surface area contributed by atoms with Crippen LogP contribution in [0.1, 0.15) is 70.4 Å². The van der Waals surface area contributed by atoms with Crippen molar-refractivity contribution >= 4 is 23.3 Å². The summed E-state index contributed by atoms with van der Waals surface area (Å²) in [6, 6.07) is 18.9. The molecule has 0 saturated heterocycles. The first-order valence-electron chi connectivity index (χ1n) is 14.6. The molecule has 6 heteroatoms. The summed E-state index contributed by atoms with van der Waals surface area (Å²) in [5.74, 6) is -1.11. The Balaban J connectivity index is 2.14. The number of hydrogen-bond acceptors (Lipinski definition) is 5. The van der Waals surface area contributed by atoms with E-state index in [0.717, 1.165) is 24.1 Å². The number of Topliss-reactive ketones (excluding diaryl/α,β-unsaturated/α-hetero) is 3. The van der Waals surface area contributed by atoms with Gasteiger partial charge >= 0.3 is 0 Å². The van der Waals surface area contributed by atoms with Crippen molar-refractivity contribution in [2.24, 2.45) is 17.8 Å². The van der Waals surface area contributed by atoms with Crippen molar-refractivity contribution in [1.82, 2.24) is 10.2 Å². The number of hydrogen-bond donors (Lipinski definition) is 1. The Morgan fingerprint density at radius 2 is 1.43 bits per heavy atom. The SMILES string of the molecule is CC(=O)[C@@H](CC(=O)[C@H](CC(C)C)NC(=O)[C@H](CCc1ccccc1)CC(=O)CCCN(C)C)Cc1ccccc1. The fraction of sp³-hybridized carbons (Fsp3) is 0.529. The van der Waals surface area contributed by atoms with Gasteiger partial charge in [-0.2, -0.15) is 0 Å². The first kappa shape index (κ1) is 33.1. The zero-order valence-corrected chi connectivity index (χ0v) is 25.0. The van der Waals surface area contributed by atoms with E-state index in [0.29, 0.717) is 32.1 Å². The molecular weight excluding hydrogens is 500 g/mol. The highest BCUT2D eigenvalue weighted by molar-refractivity contribution is 5.94. The Kier molecular flexibility index (Phi) is 14.5.